The van der Waals surface area contributed by atoms with Crippen LogP contribution < -0.4 is 0 Å². The van der Waals surface area contributed by atoms with Gasteiger partial charge in [-0.3, -0.25) is 14.4 Å². The molecule has 0 N–H and O–H groups in total. The van der Waals surface area contributed by atoms with Gasteiger partial charge in [0.05, 0.1) is 0 Å². The monoisotopic (exact) mass is 1020 g/mol. The Morgan fingerprint density at radius 2 is 0.527 bits per heavy atom. The summed E-state index contributed by atoms with van der Waals surface area (Å²) in [5.74, 6) is -0.979. The van der Waals surface area contributed by atoms with Gasteiger partial charge in [0.15, 0.2) is 6.10 Å². The van der Waals surface area contributed by atoms with E-state index in [0.717, 1.165) is 161 Å². The number of esters is 3. The van der Waals surface area contributed by atoms with E-state index < -0.39 is 6.10 Å². The standard InChI is InChI=1S/C68H108O6/c1-4-7-10-13-16-19-22-25-28-30-31-32-33-34-35-36-37-39-40-43-46-49-52-55-58-61-67(70)73-64-65(63-72-66(69)60-57-54-51-48-45-42-27-24-21-18-15-12-9-6-3)74-68(71)62-59-56-53-50-47-44-41-38-29-26-23-20-17-14-11-8-5-2/h7-8,10-11,16-17,19-20,24-29,31-32,34-35,37,39,41,43-44,46,65H,4-6,9,12-15,18,21-23,30,33,36,38,40,42,45,47-64H2,1-3H3/b10-7-,11-8-,19-16-,20-17-,27-24-,28-25-,29-26-,32-31-,35-34-,39-37-,44-41-,46-43-. The van der Waals surface area contributed by atoms with Gasteiger partial charge >= 0.3 is 17.9 Å². The van der Waals surface area contributed by atoms with Gasteiger partial charge in [-0.15, -0.1) is 0 Å². The molecule has 0 spiro atoms. The maximum atomic E-state index is 12.9. The van der Waals surface area contributed by atoms with E-state index >= 15 is 0 Å². The summed E-state index contributed by atoms with van der Waals surface area (Å²) in [6.07, 6.45) is 86.9. The van der Waals surface area contributed by atoms with Crippen molar-refractivity contribution in [3.8, 4) is 0 Å². The minimum Gasteiger partial charge on any atom is -0.462 e. The summed E-state index contributed by atoms with van der Waals surface area (Å²) < 4.78 is 16.8. The summed E-state index contributed by atoms with van der Waals surface area (Å²) in [6, 6.07) is 0. The van der Waals surface area contributed by atoms with Gasteiger partial charge in [-0.1, -0.05) is 231 Å². The van der Waals surface area contributed by atoms with Crippen LogP contribution in [0.2, 0.25) is 0 Å². The van der Waals surface area contributed by atoms with Crippen molar-refractivity contribution < 1.29 is 28.6 Å². The Hall–Kier alpha value is -4.71. The lowest BCUT2D eigenvalue weighted by molar-refractivity contribution is -0.167. The summed E-state index contributed by atoms with van der Waals surface area (Å²) in [4.78, 5) is 38.2. The fourth-order valence-corrected chi connectivity index (χ4v) is 7.64. The highest BCUT2D eigenvalue weighted by molar-refractivity contribution is 5.71. The normalized spacial score (nSPS) is 13.2. The molecule has 0 heterocycles. The van der Waals surface area contributed by atoms with E-state index in [0.29, 0.717) is 12.8 Å². The molecule has 0 radical (unpaired) electrons. The highest BCUT2D eigenvalue weighted by Crippen LogP contribution is 2.13. The molecule has 0 saturated heterocycles. The summed E-state index contributed by atoms with van der Waals surface area (Å²) >= 11 is 0. The topological polar surface area (TPSA) is 78.9 Å². The number of hydrogen-bond donors (Lipinski definition) is 0. The zero-order valence-corrected chi connectivity index (χ0v) is 47.5. The fourth-order valence-electron chi connectivity index (χ4n) is 7.64. The number of hydrogen-bond acceptors (Lipinski definition) is 6. The van der Waals surface area contributed by atoms with Gasteiger partial charge in [0, 0.05) is 19.3 Å². The molecule has 74 heavy (non-hydrogen) atoms. The van der Waals surface area contributed by atoms with Crippen LogP contribution in [-0.4, -0.2) is 37.2 Å². The van der Waals surface area contributed by atoms with Crippen molar-refractivity contribution in [2.45, 2.75) is 252 Å². The molecule has 0 bridgehead atoms. The maximum Gasteiger partial charge on any atom is 0.306 e. The van der Waals surface area contributed by atoms with E-state index in [1.807, 2.05) is 0 Å². The van der Waals surface area contributed by atoms with Gasteiger partial charge in [0.1, 0.15) is 13.2 Å². The molecule has 1 unspecified atom stereocenters. The quantitative estimate of drug-likeness (QED) is 0.0261. The van der Waals surface area contributed by atoms with Crippen molar-refractivity contribution >= 4 is 17.9 Å². The summed E-state index contributed by atoms with van der Waals surface area (Å²) in [6.45, 7) is 6.34. The molecule has 0 fully saturated rings. The largest absolute Gasteiger partial charge is 0.462 e. The summed E-state index contributed by atoms with van der Waals surface area (Å²) in [5.41, 5.74) is 0. The highest BCUT2D eigenvalue weighted by atomic mass is 16.6. The van der Waals surface area contributed by atoms with Gasteiger partial charge in [-0.25, -0.2) is 0 Å². The van der Waals surface area contributed by atoms with Crippen LogP contribution >= 0.6 is 0 Å². The number of rotatable bonds is 52. The zero-order chi connectivity index (χ0) is 53.6. The van der Waals surface area contributed by atoms with Crippen LogP contribution in [0, 0.1) is 0 Å². The molecule has 0 aliphatic rings. The second-order valence-corrected chi connectivity index (χ2v) is 19.1. The minimum atomic E-state index is -0.816. The number of carbonyl (C=O) groups is 3. The molecule has 0 aliphatic heterocycles. The molecule has 1 atom stereocenters. The van der Waals surface area contributed by atoms with Crippen LogP contribution in [0.5, 0.6) is 0 Å². The van der Waals surface area contributed by atoms with E-state index in [1.165, 1.54) is 44.9 Å². The average Bonchev–Trinajstić information content (AvgIpc) is 3.40. The molecule has 416 valence electrons. The number of allylic oxidation sites excluding steroid dienone is 24. The zero-order valence-electron chi connectivity index (χ0n) is 47.5. The average molecular weight is 1020 g/mol. The SMILES string of the molecule is CC/C=C\C/C=C\C/C=C\C/C=C\C/C=C\C/C=C\C/C=C\CCCCCC(=O)OCC(COC(=O)CCCCCCC/C=C\CCCCCCC)OC(=O)CCCCCC/C=C\C/C=C\C/C=C\C/C=C\CC. The Kier molecular flexibility index (Phi) is 57.0. The lowest BCUT2D eigenvalue weighted by atomic mass is 10.1. The Labute approximate surface area is 455 Å². The van der Waals surface area contributed by atoms with Crippen molar-refractivity contribution in [1.82, 2.24) is 0 Å². The number of carbonyl (C=O) groups excluding carboxylic acids is 3. The lowest BCUT2D eigenvalue weighted by Crippen LogP contribution is -2.30. The van der Waals surface area contributed by atoms with Gasteiger partial charge in [-0.05, 0) is 141 Å². The molecule has 0 aliphatic carbocycles. The molecule has 6 heteroatoms. The van der Waals surface area contributed by atoms with Crippen molar-refractivity contribution in [2.24, 2.45) is 0 Å². The van der Waals surface area contributed by atoms with Crippen LogP contribution in [-0.2, 0) is 28.6 Å². The molecule has 6 nitrogen and oxygen atoms in total. The van der Waals surface area contributed by atoms with Crippen LogP contribution in [0.1, 0.15) is 245 Å². The molecule has 0 aromatic rings. The summed E-state index contributed by atoms with van der Waals surface area (Å²) in [5, 5.41) is 0. The first-order valence-corrected chi connectivity index (χ1v) is 29.8. The van der Waals surface area contributed by atoms with Crippen molar-refractivity contribution in [2.75, 3.05) is 13.2 Å². The van der Waals surface area contributed by atoms with Crippen LogP contribution in [0.3, 0.4) is 0 Å². The lowest BCUT2D eigenvalue weighted by Gasteiger charge is -2.18. The van der Waals surface area contributed by atoms with Crippen molar-refractivity contribution in [3.05, 3.63) is 146 Å². The van der Waals surface area contributed by atoms with Crippen LogP contribution in [0.15, 0.2) is 146 Å². The molecular weight excluding hydrogens is 913 g/mol. The van der Waals surface area contributed by atoms with E-state index in [1.54, 1.807) is 0 Å². The predicted octanol–water partition coefficient (Wildman–Crippen LogP) is 20.4. The first-order valence-electron chi connectivity index (χ1n) is 29.8. The summed E-state index contributed by atoms with van der Waals surface area (Å²) in [7, 11) is 0. The third-order valence-electron chi connectivity index (χ3n) is 12.1. The molecule has 0 saturated carbocycles. The Morgan fingerprint density at radius 3 is 0.851 bits per heavy atom. The fraction of sp³-hybridized carbons (Fsp3) is 0.603. The van der Waals surface area contributed by atoms with Gasteiger partial charge < -0.3 is 14.2 Å². The first-order chi connectivity index (χ1) is 36.5. The number of ether oxygens (including phenoxy) is 3. The minimum absolute atomic E-state index is 0.109. The molecule has 0 aromatic carbocycles. The van der Waals surface area contributed by atoms with Crippen molar-refractivity contribution in [1.29, 1.82) is 0 Å². The molecule has 0 aromatic heterocycles. The smallest absolute Gasteiger partial charge is 0.306 e. The van der Waals surface area contributed by atoms with E-state index in [9.17, 15) is 14.4 Å². The Morgan fingerprint density at radius 1 is 0.284 bits per heavy atom. The molecule has 0 rings (SSSR count). The molecule has 0 amide bonds. The van der Waals surface area contributed by atoms with Gasteiger partial charge in [0.2, 0.25) is 0 Å². The Bertz CT molecular complexity index is 1640. The predicted molar refractivity (Wildman–Crippen MR) is 320 cm³/mol. The van der Waals surface area contributed by atoms with Crippen LogP contribution in [0.25, 0.3) is 0 Å². The van der Waals surface area contributed by atoms with Gasteiger partial charge in [0.25, 0.3) is 0 Å². The number of unbranched alkanes of at least 4 members (excludes halogenated alkanes) is 17. The van der Waals surface area contributed by atoms with E-state index in [4.69, 9.17) is 14.2 Å². The van der Waals surface area contributed by atoms with Crippen molar-refractivity contribution in [3.63, 3.8) is 0 Å². The highest BCUT2D eigenvalue weighted by Gasteiger charge is 2.19. The van der Waals surface area contributed by atoms with E-state index in [2.05, 4.69) is 167 Å². The second-order valence-electron chi connectivity index (χ2n) is 19.1. The molecular formula is C68H108O6. The van der Waals surface area contributed by atoms with Gasteiger partial charge in [-0.2, -0.15) is 0 Å². The third-order valence-corrected chi connectivity index (χ3v) is 12.1. The van der Waals surface area contributed by atoms with Crippen LogP contribution in [0.4, 0.5) is 0 Å². The van der Waals surface area contributed by atoms with E-state index in [-0.39, 0.29) is 37.5 Å². The third kappa shape index (κ3) is 58.2. The Balaban J connectivity index is 4.50. The maximum absolute atomic E-state index is 12.9. The second kappa shape index (κ2) is 60.8. The first kappa shape index (κ1) is 69.3.